The molecule has 0 spiro atoms. The first kappa shape index (κ1) is 28.8. The molecule has 2 aromatic rings. The van der Waals surface area contributed by atoms with Crippen LogP contribution in [0.25, 0.3) is 0 Å². The number of aryl methyl sites for hydroxylation is 2. The Morgan fingerprint density at radius 2 is 1.59 bits per heavy atom. The van der Waals surface area contributed by atoms with E-state index in [1.54, 1.807) is 28.4 Å². The highest BCUT2D eigenvalue weighted by molar-refractivity contribution is 6.01. The van der Waals surface area contributed by atoms with Crippen LogP contribution in [0.3, 0.4) is 0 Å². The van der Waals surface area contributed by atoms with Gasteiger partial charge in [-0.05, 0) is 68.0 Å². The standard InChI is InChI=1S/C13H19NO3.C13H17NO2.CH4.H2/c1-10(15)14-8-4-5-11-6-7-12(16-2)13(9-11)17-3;1-9-11-8-13(16-3)12(15-2)7-10(11)5-4-6-14-9;;/h6-7,9H,4-5,8H2,1-3H3,(H,14,15);7-8H,4-6H2,1-3H3;1H4;1H/i;;;1+1. The molecule has 0 saturated heterocycles. The number of hydrogen-bond donors (Lipinski definition) is 1. The van der Waals surface area contributed by atoms with Gasteiger partial charge in [0.15, 0.2) is 23.0 Å². The molecule has 0 aliphatic carbocycles. The third-order valence-electron chi connectivity index (χ3n) is 5.42. The minimum absolute atomic E-state index is 0. The number of carbonyl (C=O) groups is 1. The maximum Gasteiger partial charge on any atom is 0.216 e. The van der Waals surface area contributed by atoms with Crippen molar-refractivity contribution in [1.29, 1.82) is 0 Å². The molecule has 0 bridgehead atoms. The Labute approximate surface area is 206 Å². The summed E-state index contributed by atoms with van der Waals surface area (Å²) >= 11 is 0. The summed E-state index contributed by atoms with van der Waals surface area (Å²) in [6.07, 6.45) is 3.96. The Hall–Kier alpha value is -3.22. The van der Waals surface area contributed by atoms with Gasteiger partial charge in [0.25, 0.3) is 0 Å². The van der Waals surface area contributed by atoms with E-state index in [1.807, 2.05) is 24.3 Å². The Morgan fingerprint density at radius 1 is 0.971 bits per heavy atom. The maximum absolute atomic E-state index is 10.7. The fourth-order valence-corrected chi connectivity index (χ4v) is 3.66. The van der Waals surface area contributed by atoms with E-state index in [-0.39, 0.29) is 14.8 Å². The van der Waals surface area contributed by atoms with Crippen LogP contribution in [0.15, 0.2) is 35.3 Å². The number of hydrogen-bond acceptors (Lipinski definition) is 6. The molecular weight excluding hydrogens is 432 g/mol. The van der Waals surface area contributed by atoms with Crippen molar-refractivity contribution in [2.24, 2.45) is 4.99 Å². The molecule has 190 valence electrons. The van der Waals surface area contributed by atoms with Crippen molar-refractivity contribution >= 4 is 11.6 Å². The Morgan fingerprint density at radius 3 is 2.21 bits per heavy atom. The lowest BCUT2D eigenvalue weighted by Gasteiger charge is -2.13. The smallest absolute Gasteiger partial charge is 0.216 e. The molecule has 3 rings (SSSR count). The molecule has 1 aliphatic heterocycles. The number of carbonyl (C=O) groups excluding carboxylic acids is 1. The number of ether oxygens (including phenoxy) is 4. The first-order valence-corrected chi connectivity index (χ1v) is 11.1. The van der Waals surface area contributed by atoms with Crippen LogP contribution >= 0.6 is 0 Å². The summed E-state index contributed by atoms with van der Waals surface area (Å²) in [7, 11) is 6.57. The van der Waals surface area contributed by atoms with Crippen molar-refractivity contribution in [3.63, 3.8) is 0 Å². The average molecular weight is 476 g/mol. The molecule has 7 nitrogen and oxygen atoms in total. The van der Waals surface area contributed by atoms with Crippen LogP contribution in [-0.4, -0.2) is 53.1 Å². The predicted molar refractivity (Wildman–Crippen MR) is 140 cm³/mol. The van der Waals surface area contributed by atoms with Crippen LogP contribution in [0, 0.1) is 0 Å². The van der Waals surface area contributed by atoms with Crippen molar-refractivity contribution in [3.8, 4) is 23.0 Å². The molecule has 1 amide bonds. The quantitative estimate of drug-likeness (QED) is 0.537. The van der Waals surface area contributed by atoms with Gasteiger partial charge >= 0.3 is 0 Å². The molecule has 0 atom stereocenters. The van der Waals surface area contributed by atoms with E-state index in [1.165, 1.54) is 23.6 Å². The topological polar surface area (TPSA) is 78.4 Å². The van der Waals surface area contributed by atoms with Crippen LogP contribution in [-0.2, 0) is 17.6 Å². The van der Waals surface area contributed by atoms with E-state index in [4.69, 9.17) is 18.9 Å². The van der Waals surface area contributed by atoms with E-state index < -0.39 is 0 Å². The third-order valence-corrected chi connectivity index (χ3v) is 5.42. The number of nitrogens with zero attached hydrogens (tertiary/aromatic N) is 1. The molecule has 2 aromatic carbocycles. The van der Waals surface area contributed by atoms with Gasteiger partial charge in [0.1, 0.15) is 0 Å². The van der Waals surface area contributed by atoms with Gasteiger partial charge in [-0.3, -0.25) is 9.79 Å². The van der Waals surface area contributed by atoms with Gasteiger partial charge in [-0.1, -0.05) is 13.5 Å². The highest BCUT2D eigenvalue weighted by atomic mass is 16.5. The second-order valence-corrected chi connectivity index (χ2v) is 7.71. The van der Waals surface area contributed by atoms with Gasteiger partial charge < -0.3 is 24.3 Å². The van der Waals surface area contributed by atoms with Crippen molar-refractivity contribution in [3.05, 3.63) is 47.0 Å². The van der Waals surface area contributed by atoms with E-state index in [0.29, 0.717) is 6.54 Å². The molecule has 1 heterocycles. The molecule has 0 radical (unpaired) electrons. The largest absolute Gasteiger partial charge is 0.493 e. The molecule has 0 saturated carbocycles. The first-order chi connectivity index (χ1) is 15.9. The van der Waals surface area contributed by atoms with Crippen LogP contribution in [0.4, 0.5) is 0 Å². The zero-order valence-corrected chi connectivity index (χ0v) is 20.6. The highest BCUT2D eigenvalue weighted by Crippen LogP contribution is 2.32. The van der Waals surface area contributed by atoms with Crippen LogP contribution in [0.1, 0.15) is 52.2 Å². The number of benzene rings is 2. The monoisotopic (exact) mass is 475 g/mol. The molecular formula is C27H42N2O5. The molecule has 1 N–H and O–H groups in total. The van der Waals surface area contributed by atoms with E-state index in [0.717, 1.165) is 60.9 Å². The number of aliphatic imine (C=N–C) groups is 1. The minimum Gasteiger partial charge on any atom is -0.493 e. The zero-order valence-electron chi connectivity index (χ0n) is 20.6. The Kier molecular flexibility index (Phi) is 12.6. The zero-order chi connectivity index (χ0) is 24.2. The second kappa shape index (κ2) is 14.8. The third kappa shape index (κ3) is 8.28. The van der Waals surface area contributed by atoms with Gasteiger partial charge in [-0.25, -0.2) is 0 Å². The first-order valence-electron chi connectivity index (χ1n) is 11.1. The molecule has 0 aromatic heterocycles. The summed E-state index contributed by atoms with van der Waals surface area (Å²) in [5, 5.41) is 2.77. The summed E-state index contributed by atoms with van der Waals surface area (Å²) in [5.41, 5.74) is 4.76. The van der Waals surface area contributed by atoms with E-state index >= 15 is 0 Å². The maximum atomic E-state index is 10.7. The lowest BCUT2D eigenvalue weighted by molar-refractivity contribution is -0.118. The molecule has 7 heteroatoms. The summed E-state index contributed by atoms with van der Waals surface area (Å²) in [6.45, 7) is 5.18. The van der Waals surface area contributed by atoms with E-state index in [2.05, 4.69) is 23.3 Å². The molecule has 0 unspecified atom stereocenters. The van der Waals surface area contributed by atoms with Crippen molar-refractivity contribution in [2.75, 3.05) is 41.5 Å². The van der Waals surface area contributed by atoms with Gasteiger partial charge in [0.05, 0.1) is 28.4 Å². The SMILES string of the molecule is C.COc1cc2c(cc1OC)C(C)=NCCC2.COc1ccc(CCCNC(C)=O)cc1OC.[2HH]. The Bertz CT molecular complexity index is 963. The van der Waals surface area contributed by atoms with Gasteiger partial charge in [-0.15, -0.1) is 0 Å². The number of nitrogens with one attached hydrogen (secondary N) is 1. The second-order valence-electron chi connectivity index (χ2n) is 7.71. The molecule has 1 aliphatic rings. The normalized spacial score (nSPS) is 11.9. The summed E-state index contributed by atoms with van der Waals surface area (Å²) in [5.74, 6) is 3.06. The number of rotatable bonds is 8. The predicted octanol–water partition coefficient (Wildman–Crippen LogP) is 5.11. The number of methoxy groups -OCH3 is 4. The minimum atomic E-state index is 0. The Balaban J connectivity index is 0.000000625. The van der Waals surface area contributed by atoms with Gasteiger partial charge in [0, 0.05) is 32.7 Å². The van der Waals surface area contributed by atoms with Crippen molar-refractivity contribution in [1.82, 2.24) is 5.32 Å². The van der Waals surface area contributed by atoms with Crippen LogP contribution in [0.2, 0.25) is 0 Å². The lowest BCUT2D eigenvalue weighted by Crippen LogP contribution is -2.21. The average Bonchev–Trinajstić information content (AvgIpc) is 3.01. The van der Waals surface area contributed by atoms with Crippen molar-refractivity contribution in [2.45, 2.75) is 47.0 Å². The number of amides is 1. The van der Waals surface area contributed by atoms with Gasteiger partial charge in [-0.2, -0.15) is 0 Å². The lowest BCUT2D eigenvalue weighted by atomic mass is 10.00. The summed E-state index contributed by atoms with van der Waals surface area (Å²) in [4.78, 5) is 15.2. The highest BCUT2D eigenvalue weighted by Gasteiger charge is 2.14. The van der Waals surface area contributed by atoms with E-state index in [9.17, 15) is 4.79 Å². The van der Waals surface area contributed by atoms with Crippen LogP contribution in [0.5, 0.6) is 23.0 Å². The summed E-state index contributed by atoms with van der Waals surface area (Å²) < 4.78 is 21.0. The molecule has 0 fully saturated rings. The molecule has 34 heavy (non-hydrogen) atoms. The van der Waals surface area contributed by atoms with Crippen molar-refractivity contribution < 1.29 is 25.2 Å². The fourth-order valence-electron chi connectivity index (χ4n) is 3.66. The van der Waals surface area contributed by atoms with Gasteiger partial charge in [0.2, 0.25) is 5.91 Å². The van der Waals surface area contributed by atoms with Crippen LogP contribution < -0.4 is 24.3 Å². The number of fused-ring (bicyclic) bond motifs is 1. The fraction of sp³-hybridized carbons (Fsp3) is 0.481. The summed E-state index contributed by atoms with van der Waals surface area (Å²) in [6, 6.07) is 9.96.